The van der Waals surface area contributed by atoms with E-state index in [4.69, 9.17) is 4.74 Å². The second kappa shape index (κ2) is 7.59. The van der Waals surface area contributed by atoms with Crippen LogP contribution in [0.2, 0.25) is 0 Å². The van der Waals surface area contributed by atoms with Crippen molar-refractivity contribution in [1.82, 2.24) is 10.3 Å². The van der Waals surface area contributed by atoms with Crippen LogP contribution in [0.1, 0.15) is 16.8 Å². The number of para-hydroxylation sites is 1. The van der Waals surface area contributed by atoms with Gasteiger partial charge in [0.1, 0.15) is 5.75 Å². The summed E-state index contributed by atoms with van der Waals surface area (Å²) in [5.41, 5.74) is 1.00. The van der Waals surface area contributed by atoms with Gasteiger partial charge in [0.2, 0.25) is 0 Å². The summed E-state index contributed by atoms with van der Waals surface area (Å²) in [4.78, 5) is 18.9. The van der Waals surface area contributed by atoms with Crippen LogP contribution in [0, 0.1) is 6.92 Å². The van der Waals surface area contributed by atoms with Crippen molar-refractivity contribution in [2.24, 2.45) is 0 Å². The summed E-state index contributed by atoms with van der Waals surface area (Å²) in [5, 5.41) is 6.03. The van der Waals surface area contributed by atoms with E-state index in [1.54, 1.807) is 29.6 Å². The molecule has 1 atom stereocenters. The molecule has 4 nitrogen and oxygen atoms in total. The van der Waals surface area contributed by atoms with E-state index in [0.717, 1.165) is 20.5 Å². The highest BCUT2D eigenvalue weighted by Gasteiger charge is 2.14. The van der Waals surface area contributed by atoms with Gasteiger partial charge in [-0.2, -0.15) is 0 Å². The third-order valence-electron chi connectivity index (χ3n) is 3.40. The van der Waals surface area contributed by atoms with E-state index >= 15 is 0 Å². The number of aromatic nitrogens is 1. The maximum absolute atomic E-state index is 12.2. The third kappa shape index (κ3) is 4.21. The summed E-state index contributed by atoms with van der Waals surface area (Å²) in [6.45, 7) is 4.24. The van der Waals surface area contributed by atoms with Crippen molar-refractivity contribution in [2.75, 3.05) is 0 Å². The molecule has 6 heteroatoms. The van der Waals surface area contributed by atoms with Crippen LogP contribution in [-0.2, 0) is 11.3 Å². The minimum Gasteiger partial charge on any atom is -0.481 e. The Hall–Kier alpha value is -2.18. The molecule has 1 unspecified atom stereocenters. The Kier molecular flexibility index (Phi) is 5.27. The van der Waals surface area contributed by atoms with Gasteiger partial charge >= 0.3 is 0 Å². The number of nitrogens with one attached hydrogen (secondary N) is 1. The minimum absolute atomic E-state index is 0.127. The number of carbonyl (C=O) groups is 1. The molecular weight excluding hydrogens is 340 g/mol. The Morgan fingerprint density at radius 3 is 2.75 bits per heavy atom. The van der Waals surface area contributed by atoms with Gasteiger partial charge in [0.25, 0.3) is 5.91 Å². The van der Waals surface area contributed by atoms with Gasteiger partial charge in [-0.3, -0.25) is 4.79 Å². The molecule has 1 amide bonds. The highest BCUT2D eigenvalue weighted by Crippen LogP contribution is 2.28. The number of hydrogen-bond acceptors (Lipinski definition) is 5. The zero-order valence-electron chi connectivity index (χ0n) is 13.5. The topological polar surface area (TPSA) is 51.2 Å². The summed E-state index contributed by atoms with van der Waals surface area (Å²) < 4.78 is 5.62. The maximum Gasteiger partial charge on any atom is 0.261 e. The highest BCUT2D eigenvalue weighted by atomic mass is 32.1. The lowest BCUT2D eigenvalue weighted by Crippen LogP contribution is -2.35. The lowest BCUT2D eigenvalue weighted by Gasteiger charge is -2.14. The van der Waals surface area contributed by atoms with Gasteiger partial charge in [-0.25, -0.2) is 4.98 Å². The number of hydrogen-bond donors (Lipinski definition) is 1. The lowest BCUT2D eigenvalue weighted by molar-refractivity contribution is -0.127. The molecule has 3 aromatic rings. The number of amides is 1. The summed E-state index contributed by atoms with van der Waals surface area (Å²) in [6.07, 6.45) is -0.534. The number of ether oxygens (including phenoxy) is 1. The second-order valence-electron chi connectivity index (χ2n) is 5.31. The highest BCUT2D eigenvalue weighted by molar-refractivity contribution is 7.16. The van der Waals surface area contributed by atoms with E-state index in [0.29, 0.717) is 12.3 Å². The smallest absolute Gasteiger partial charge is 0.261 e. The van der Waals surface area contributed by atoms with E-state index < -0.39 is 6.10 Å². The third-order valence-corrected chi connectivity index (χ3v) is 5.28. The van der Waals surface area contributed by atoms with Crippen molar-refractivity contribution in [2.45, 2.75) is 26.5 Å². The molecule has 0 radical (unpaired) electrons. The first-order valence-corrected chi connectivity index (χ1v) is 9.32. The fraction of sp³-hybridized carbons (Fsp3) is 0.222. The molecule has 0 fully saturated rings. The fourth-order valence-electron chi connectivity index (χ4n) is 2.16. The van der Waals surface area contributed by atoms with E-state index in [1.165, 1.54) is 0 Å². The van der Waals surface area contributed by atoms with E-state index in [1.807, 2.05) is 49.4 Å². The first-order chi connectivity index (χ1) is 11.6. The second-order valence-corrected chi connectivity index (χ2v) is 7.54. The summed E-state index contributed by atoms with van der Waals surface area (Å²) >= 11 is 3.29. The van der Waals surface area contributed by atoms with E-state index in [-0.39, 0.29) is 5.91 Å². The predicted octanol–water partition coefficient (Wildman–Crippen LogP) is 4.26. The van der Waals surface area contributed by atoms with Gasteiger partial charge in [-0.15, -0.1) is 22.7 Å². The van der Waals surface area contributed by atoms with Crippen LogP contribution in [0.5, 0.6) is 5.75 Å². The van der Waals surface area contributed by atoms with Crippen molar-refractivity contribution in [3.8, 4) is 16.3 Å². The van der Waals surface area contributed by atoms with Gasteiger partial charge in [0, 0.05) is 10.3 Å². The summed E-state index contributed by atoms with van der Waals surface area (Å²) in [7, 11) is 0. The number of rotatable bonds is 6. The number of nitrogens with zero attached hydrogens (tertiary/aromatic N) is 1. The molecule has 0 bridgehead atoms. The number of benzene rings is 1. The number of thiophene rings is 1. The van der Waals surface area contributed by atoms with Gasteiger partial charge in [-0.1, -0.05) is 18.2 Å². The van der Waals surface area contributed by atoms with Gasteiger partial charge < -0.3 is 10.1 Å². The molecule has 2 heterocycles. The fourth-order valence-corrected chi connectivity index (χ4v) is 3.76. The van der Waals surface area contributed by atoms with Crippen molar-refractivity contribution < 1.29 is 9.53 Å². The molecule has 3 rings (SSSR count). The molecule has 24 heavy (non-hydrogen) atoms. The van der Waals surface area contributed by atoms with Crippen LogP contribution >= 0.6 is 22.7 Å². The van der Waals surface area contributed by atoms with Crippen LogP contribution in [0.15, 0.2) is 47.8 Å². The molecule has 1 aromatic carbocycles. The zero-order valence-corrected chi connectivity index (χ0v) is 15.1. The van der Waals surface area contributed by atoms with Crippen LogP contribution in [0.4, 0.5) is 0 Å². The van der Waals surface area contributed by atoms with Gasteiger partial charge in [-0.05, 0) is 38.1 Å². The Morgan fingerprint density at radius 1 is 1.25 bits per heavy atom. The van der Waals surface area contributed by atoms with Gasteiger partial charge in [0.15, 0.2) is 6.10 Å². The van der Waals surface area contributed by atoms with Crippen LogP contribution in [-0.4, -0.2) is 17.0 Å². The minimum atomic E-state index is -0.534. The van der Waals surface area contributed by atoms with Crippen molar-refractivity contribution in [1.29, 1.82) is 0 Å². The molecule has 0 spiro atoms. The maximum atomic E-state index is 12.2. The van der Waals surface area contributed by atoms with Crippen molar-refractivity contribution >= 4 is 28.6 Å². The predicted molar refractivity (Wildman–Crippen MR) is 98.5 cm³/mol. The molecule has 0 aliphatic rings. The van der Waals surface area contributed by atoms with Crippen LogP contribution in [0.3, 0.4) is 0 Å². The number of carbonyl (C=O) groups excluding carboxylic acids is 1. The van der Waals surface area contributed by atoms with Crippen LogP contribution < -0.4 is 10.1 Å². The molecule has 124 valence electrons. The quantitative estimate of drug-likeness (QED) is 0.716. The molecular formula is C18H18N2O2S2. The Balaban J connectivity index is 1.53. The average molecular weight is 358 g/mol. The summed E-state index contributed by atoms with van der Waals surface area (Å²) in [5.74, 6) is 0.566. The molecule has 1 N–H and O–H groups in total. The SMILES string of the molecule is Cc1nc(-c2ccc(CNC(=O)C(C)Oc3ccccc3)s2)cs1. The average Bonchev–Trinajstić information content (AvgIpc) is 3.22. The molecule has 2 aromatic heterocycles. The Morgan fingerprint density at radius 2 is 2.04 bits per heavy atom. The van der Waals surface area contributed by atoms with E-state index in [9.17, 15) is 4.79 Å². The molecule has 0 aliphatic carbocycles. The normalized spacial score (nSPS) is 11.9. The Labute approximate surface area is 149 Å². The number of aryl methyl sites for hydroxylation is 1. The van der Waals surface area contributed by atoms with Crippen molar-refractivity contribution in [3.63, 3.8) is 0 Å². The lowest BCUT2D eigenvalue weighted by atomic mass is 10.3. The van der Waals surface area contributed by atoms with Crippen LogP contribution in [0.25, 0.3) is 10.6 Å². The monoisotopic (exact) mass is 358 g/mol. The molecule has 0 aliphatic heterocycles. The van der Waals surface area contributed by atoms with Crippen molar-refractivity contribution in [3.05, 3.63) is 57.7 Å². The zero-order chi connectivity index (χ0) is 16.9. The first kappa shape index (κ1) is 16.7. The largest absolute Gasteiger partial charge is 0.481 e. The summed E-state index contributed by atoms with van der Waals surface area (Å²) in [6, 6.07) is 13.4. The number of thiazole rings is 1. The molecule has 0 saturated carbocycles. The molecule has 0 saturated heterocycles. The standard InChI is InChI=1S/C18H18N2O2S2/c1-12(22-14-6-4-3-5-7-14)18(21)19-10-15-8-9-17(24-15)16-11-23-13(2)20-16/h3-9,11-12H,10H2,1-2H3,(H,19,21). The first-order valence-electron chi connectivity index (χ1n) is 7.62. The van der Waals surface area contributed by atoms with E-state index in [2.05, 4.69) is 15.7 Å². The Bertz CT molecular complexity index is 811. The van der Waals surface area contributed by atoms with Gasteiger partial charge in [0.05, 0.1) is 22.1 Å².